The number of hydrogen-bond acceptors (Lipinski definition) is 2. The summed E-state index contributed by atoms with van der Waals surface area (Å²) in [6.45, 7) is 0.846. The van der Waals surface area contributed by atoms with E-state index in [1.54, 1.807) is 12.1 Å². The molecule has 1 aliphatic rings. The normalized spacial score (nSPS) is 16.7. The molecule has 0 amide bonds. The van der Waals surface area contributed by atoms with Crippen LogP contribution in [0.25, 0.3) is 6.08 Å². The summed E-state index contributed by atoms with van der Waals surface area (Å²) in [6.07, 6.45) is 3.07. The van der Waals surface area contributed by atoms with Crippen LogP contribution in [-0.4, -0.2) is 18.3 Å². The Balaban J connectivity index is 1.36. The second-order valence-corrected chi connectivity index (χ2v) is 7.43. The van der Waals surface area contributed by atoms with Crippen molar-refractivity contribution in [2.75, 3.05) is 13.2 Å². The van der Waals surface area contributed by atoms with Crippen molar-refractivity contribution in [3.8, 4) is 11.8 Å². The van der Waals surface area contributed by atoms with Gasteiger partial charge in [-0.3, -0.25) is 0 Å². The number of halogens is 1. The molecule has 3 aromatic carbocycles. The van der Waals surface area contributed by atoms with Crippen LogP contribution < -0.4 is 0 Å². The van der Waals surface area contributed by atoms with E-state index in [2.05, 4.69) is 17.9 Å². The first-order valence-electron chi connectivity index (χ1n) is 10.0. The zero-order valence-corrected chi connectivity index (χ0v) is 16.6. The van der Waals surface area contributed by atoms with Gasteiger partial charge in [-0.05, 0) is 24.1 Å². The summed E-state index contributed by atoms with van der Waals surface area (Å²) in [5.41, 5.74) is 2.40. The average molecular weight is 398 g/mol. The summed E-state index contributed by atoms with van der Waals surface area (Å²) in [5.74, 6) is 6.17. The van der Waals surface area contributed by atoms with E-state index in [4.69, 9.17) is 4.74 Å². The van der Waals surface area contributed by atoms with Crippen molar-refractivity contribution >= 4 is 6.08 Å². The lowest BCUT2D eigenvalue weighted by molar-refractivity contribution is 0.141. The van der Waals surface area contributed by atoms with Gasteiger partial charge in [0, 0.05) is 17.0 Å². The minimum atomic E-state index is -1.38. The Labute approximate surface area is 176 Å². The molecule has 2 nitrogen and oxygen atoms in total. The maximum atomic E-state index is 13.0. The van der Waals surface area contributed by atoms with Gasteiger partial charge in [0.25, 0.3) is 0 Å². The van der Waals surface area contributed by atoms with Crippen LogP contribution in [0.3, 0.4) is 0 Å². The van der Waals surface area contributed by atoms with Crippen molar-refractivity contribution in [3.05, 3.63) is 113 Å². The molecule has 150 valence electrons. The first-order valence-corrected chi connectivity index (χ1v) is 10.0. The molecule has 0 spiro atoms. The molecular weight excluding hydrogens is 375 g/mol. The lowest BCUT2D eigenvalue weighted by atomic mass is 9.87. The fourth-order valence-corrected chi connectivity index (χ4v) is 3.43. The number of ether oxygens (including phenoxy) is 1. The van der Waals surface area contributed by atoms with Crippen LogP contribution in [0.1, 0.15) is 23.1 Å². The summed E-state index contributed by atoms with van der Waals surface area (Å²) < 4.78 is 18.7. The first kappa shape index (κ1) is 20.1. The predicted molar refractivity (Wildman–Crippen MR) is 117 cm³/mol. The average Bonchev–Trinajstić information content (AvgIpc) is 3.53. The van der Waals surface area contributed by atoms with E-state index in [0.29, 0.717) is 12.5 Å². The van der Waals surface area contributed by atoms with Crippen LogP contribution in [0.2, 0.25) is 0 Å². The van der Waals surface area contributed by atoms with Crippen LogP contribution in [0.15, 0.2) is 90.5 Å². The molecule has 0 radical (unpaired) electrons. The molecule has 1 fully saturated rings. The van der Waals surface area contributed by atoms with Gasteiger partial charge in [-0.15, -0.1) is 0 Å². The summed E-state index contributed by atoms with van der Waals surface area (Å²) in [6, 6.07) is 25.4. The molecule has 1 atom stereocenters. The smallest absolute Gasteiger partial charge is 0.176 e. The fraction of sp³-hybridized carbons (Fsp3) is 0.185. The Hall–Kier alpha value is -3.19. The van der Waals surface area contributed by atoms with Crippen LogP contribution in [0, 0.1) is 23.6 Å². The molecule has 3 heteroatoms. The van der Waals surface area contributed by atoms with E-state index in [1.165, 1.54) is 17.7 Å². The molecule has 1 N–H and O–H groups in total. The predicted octanol–water partition coefficient (Wildman–Crippen LogP) is 5.19. The Morgan fingerprint density at radius 1 is 0.933 bits per heavy atom. The van der Waals surface area contributed by atoms with Crippen molar-refractivity contribution in [2.24, 2.45) is 5.92 Å². The van der Waals surface area contributed by atoms with Gasteiger partial charge >= 0.3 is 0 Å². The van der Waals surface area contributed by atoms with Gasteiger partial charge in [0.15, 0.2) is 5.60 Å². The van der Waals surface area contributed by atoms with E-state index in [1.807, 2.05) is 60.7 Å². The Morgan fingerprint density at radius 2 is 1.53 bits per heavy atom. The third-order valence-electron chi connectivity index (χ3n) is 5.21. The second kappa shape index (κ2) is 9.09. The Bertz CT molecular complexity index is 1020. The molecule has 4 rings (SSSR count). The highest BCUT2D eigenvalue weighted by molar-refractivity contribution is 5.57. The van der Waals surface area contributed by atoms with E-state index in [0.717, 1.165) is 23.1 Å². The molecule has 0 bridgehead atoms. The van der Waals surface area contributed by atoms with Gasteiger partial charge < -0.3 is 9.84 Å². The number of benzene rings is 3. The van der Waals surface area contributed by atoms with Crippen molar-refractivity contribution in [2.45, 2.75) is 12.0 Å². The molecule has 3 aromatic rings. The Morgan fingerprint density at radius 3 is 2.13 bits per heavy atom. The lowest BCUT2D eigenvalue weighted by Crippen LogP contribution is -2.25. The molecule has 0 aliphatic heterocycles. The minimum Gasteiger partial charge on any atom is -0.369 e. The number of hydrogen-bond donors (Lipinski definition) is 1. The maximum Gasteiger partial charge on any atom is 0.176 e. The van der Waals surface area contributed by atoms with Gasteiger partial charge in [0.05, 0.1) is 6.61 Å². The highest BCUT2D eigenvalue weighted by Gasteiger charge is 2.30. The van der Waals surface area contributed by atoms with Crippen LogP contribution in [-0.2, 0) is 10.3 Å². The van der Waals surface area contributed by atoms with Crippen molar-refractivity contribution < 1.29 is 14.2 Å². The fourth-order valence-electron chi connectivity index (χ4n) is 3.43. The highest BCUT2D eigenvalue weighted by atomic mass is 19.1. The van der Waals surface area contributed by atoms with Gasteiger partial charge in [0.1, 0.15) is 12.4 Å². The standard InChI is InChI=1S/C27H23FO2/c28-26-14-12-21(13-15-26)18-22-19-23(22)20-30-17-7-16-27(29,24-8-3-1-4-9-24)25-10-5-2-6-11-25/h1-6,8-15,18,23,29H,17,19-20H2/b22-18-. The largest absolute Gasteiger partial charge is 0.369 e. The lowest BCUT2D eigenvalue weighted by Gasteiger charge is -2.23. The summed E-state index contributed by atoms with van der Waals surface area (Å²) in [5, 5.41) is 11.3. The third kappa shape index (κ3) is 4.86. The molecule has 30 heavy (non-hydrogen) atoms. The summed E-state index contributed by atoms with van der Waals surface area (Å²) in [4.78, 5) is 0. The van der Waals surface area contributed by atoms with Gasteiger partial charge in [-0.25, -0.2) is 4.39 Å². The molecule has 1 aliphatic carbocycles. The topological polar surface area (TPSA) is 29.5 Å². The van der Waals surface area contributed by atoms with E-state index in [-0.39, 0.29) is 12.4 Å². The zero-order chi connectivity index (χ0) is 20.8. The minimum absolute atomic E-state index is 0.225. The molecule has 0 heterocycles. The maximum absolute atomic E-state index is 13.0. The molecule has 0 aromatic heterocycles. The van der Waals surface area contributed by atoms with Crippen molar-refractivity contribution in [3.63, 3.8) is 0 Å². The second-order valence-electron chi connectivity index (χ2n) is 7.43. The quantitative estimate of drug-likeness (QED) is 0.458. The molecular formula is C27H23FO2. The third-order valence-corrected chi connectivity index (χ3v) is 5.21. The molecule has 0 saturated heterocycles. The first-order chi connectivity index (χ1) is 14.6. The van der Waals surface area contributed by atoms with Crippen LogP contribution in [0.4, 0.5) is 4.39 Å². The van der Waals surface area contributed by atoms with Crippen molar-refractivity contribution in [1.82, 2.24) is 0 Å². The summed E-state index contributed by atoms with van der Waals surface area (Å²) >= 11 is 0. The van der Waals surface area contributed by atoms with Crippen LogP contribution >= 0.6 is 0 Å². The van der Waals surface area contributed by atoms with Gasteiger partial charge in [-0.1, -0.05) is 96.3 Å². The van der Waals surface area contributed by atoms with E-state index in [9.17, 15) is 9.50 Å². The van der Waals surface area contributed by atoms with Gasteiger partial charge in [0.2, 0.25) is 0 Å². The highest BCUT2D eigenvalue weighted by Crippen LogP contribution is 2.39. The van der Waals surface area contributed by atoms with Gasteiger partial charge in [-0.2, -0.15) is 0 Å². The molecule has 1 unspecified atom stereocenters. The zero-order valence-electron chi connectivity index (χ0n) is 16.6. The van der Waals surface area contributed by atoms with Crippen LogP contribution in [0.5, 0.6) is 0 Å². The molecule has 1 saturated carbocycles. The van der Waals surface area contributed by atoms with Crippen molar-refractivity contribution in [1.29, 1.82) is 0 Å². The SMILES string of the molecule is OC(C#CCOCC1C/C1=C/c1ccc(F)cc1)(c1ccccc1)c1ccccc1. The van der Waals surface area contributed by atoms with E-state index >= 15 is 0 Å². The van der Waals surface area contributed by atoms with E-state index < -0.39 is 5.60 Å². The number of rotatable bonds is 6. The number of aliphatic hydroxyl groups is 1. The Kier molecular flexibility index (Phi) is 6.09. The summed E-state index contributed by atoms with van der Waals surface area (Å²) in [7, 11) is 0. The monoisotopic (exact) mass is 398 g/mol.